The fourth-order valence-electron chi connectivity index (χ4n) is 1.51. The van der Waals surface area contributed by atoms with Crippen molar-refractivity contribution in [3.63, 3.8) is 0 Å². The second-order valence-electron chi connectivity index (χ2n) is 3.85. The highest BCUT2D eigenvalue weighted by molar-refractivity contribution is 6.09. The molecule has 1 aliphatic heterocycles. The van der Waals surface area contributed by atoms with Crippen LogP contribution in [0.1, 0.15) is 45.4 Å². The van der Waals surface area contributed by atoms with Gasteiger partial charge in [0.1, 0.15) is 0 Å². The summed E-state index contributed by atoms with van der Waals surface area (Å²) in [6.07, 6.45) is 10.5. The summed E-state index contributed by atoms with van der Waals surface area (Å²) >= 11 is 0. The van der Waals surface area contributed by atoms with Gasteiger partial charge in [0, 0.05) is 0 Å². The summed E-state index contributed by atoms with van der Waals surface area (Å²) in [7, 11) is 0. The lowest BCUT2D eigenvalue weighted by Crippen LogP contribution is -2.40. The summed E-state index contributed by atoms with van der Waals surface area (Å²) < 4.78 is 4.25. The first-order valence-electron chi connectivity index (χ1n) is 5.66. The van der Waals surface area contributed by atoms with Gasteiger partial charge in [-0.25, -0.2) is 0 Å². The number of ether oxygens (including phenoxy) is 1. The van der Waals surface area contributed by atoms with Crippen LogP contribution in [0.25, 0.3) is 0 Å². The van der Waals surface area contributed by atoms with Gasteiger partial charge in [0.25, 0.3) is 0 Å². The molecule has 1 heterocycles. The van der Waals surface area contributed by atoms with E-state index in [4.69, 9.17) is 0 Å². The lowest BCUT2D eigenvalue weighted by Gasteiger charge is -2.19. The molecule has 3 heteroatoms. The van der Waals surface area contributed by atoms with Gasteiger partial charge in [-0.1, -0.05) is 38.3 Å². The van der Waals surface area contributed by atoms with Crippen LogP contribution >= 0.6 is 0 Å². The molecule has 84 valence electrons. The molecule has 0 N–H and O–H groups in total. The third-order valence-corrected chi connectivity index (χ3v) is 2.53. The van der Waals surface area contributed by atoms with Crippen molar-refractivity contribution in [1.29, 1.82) is 0 Å². The van der Waals surface area contributed by atoms with E-state index in [2.05, 4.69) is 17.7 Å². The molecule has 15 heavy (non-hydrogen) atoms. The molecule has 0 atom stereocenters. The van der Waals surface area contributed by atoms with Gasteiger partial charge < -0.3 is 4.74 Å². The standard InChI is InChI=1S/C12H18O3/c1-2-3-4-5-6-7-8-9-10-11(13)15-12(10)14/h7-8,10H,2-6,9H2,1H3/b8-7-. The van der Waals surface area contributed by atoms with Crippen LogP contribution in [0.3, 0.4) is 0 Å². The highest BCUT2D eigenvalue weighted by Gasteiger charge is 2.40. The summed E-state index contributed by atoms with van der Waals surface area (Å²) in [5.74, 6) is -1.27. The maximum atomic E-state index is 10.8. The average Bonchev–Trinajstić information content (AvgIpc) is 2.22. The van der Waals surface area contributed by atoms with E-state index in [9.17, 15) is 9.59 Å². The van der Waals surface area contributed by atoms with Crippen LogP contribution in [0.5, 0.6) is 0 Å². The molecule has 0 bridgehead atoms. The normalized spacial score (nSPS) is 16.9. The van der Waals surface area contributed by atoms with Gasteiger partial charge >= 0.3 is 11.9 Å². The summed E-state index contributed by atoms with van der Waals surface area (Å²) in [6.45, 7) is 2.18. The summed E-state index contributed by atoms with van der Waals surface area (Å²) in [5.41, 5.74) is 0. The van der Waals surface area contributed by atoms with Crippen molar-refractivity contribution < 1.29 is 14.3 Å². The Balaban J connectivity index is 2.02. The van der Waals surface area contributed by atoms with Gasteiger partial charge in [-0.3, -0.25) is 9.59 Å². The molecular formula is C12H18O3. The van der Waals surface area contributed by atoms with Gasteiger partial charge in [0.15, 0.2) is 5.92 Å². The van der Waals surface area contributed by atoms with Crippen LogP contribution in [0.15, 0.2) is 12.2 Å². The zero-order valence-corrected chi connectivity index (χ0v) is 9.20. The van der Waals surface area contributed by atoms with E-state index in [1.165, 1.54) is 25.7 Å². The van der Waals surface area contributed by atoms with Gasteiger partial charge in [-0.05, 0) is 19.3 Å². The van der Waals surface area contributed by atoms with Crippen LogP contribution in [0.2, 0.25) is 0 Å². The molecule has 1 aliphatic rings. The zero-order chi connectivity index (χ0) is 11.1. The smallest absolute Gasteiger partial charge is 0.328 e. The van der Waals surface area contributed by atoms with Gasteiger partial charge in [-0.15, -0.1) is 0 Å². The lowest BCUT2D eigenvalue weighted by molar-refractivity contribution is -0.183. The fraction of sp³-hybridized carbons (Fsp3) is 0.667. The van der Waals surface area contributed by atoms with E-state index in [0.717, 1.165) is 6.42 Å². The monoisotopic (exact) mass is 210 g/mol. The molecule has 0 aliphatic carbocycles. The predicted octanol–water partition coefficient (Wildman–Crippen LogP) is 2.60. The Bertz CT molecular complexity index is 242. The van der Waals surface area contributed by atoms with Crippen molar-refractivity contribution in [3.05, 3.63) is 12.2 Å². The number of esters is 2. The summed E-state index contributed by atoms with van der Waals surface area (Å²) in [5, 5.41) is 0. The molecule has 0 unspecified atom stereocenters. The molecule has 1 fully saturated rings. The Hall–Kier alpha value is -1.12. The third-order valence-electron chi connectivity index (χ3n) is 2.53. The minimum atomic E-state index is -0.517. The molecule has 1 saturated heterocycles. The SMILES string of the molecule is CCCCCC/C=C\CC1C(=O)OC1=O. The molecule has 0 radical (unpaired) electrons. The molecule has 0 spiro atoms. The molecule has 0 aromatic carbocycles. The molecular weight excluding hydrogens is 192 g/mol. The molecule has 0 amide bonds. The highest BCUT2D eigenvalue weighted by atomic mass is 16.6. The number of unbranched alkanes of at least 4 members (excludes halogenated alkanes) is 4. The van der Waals surface area contributed by atoms with Crippen LogP contribution < -0.4 is 0 Å². The Labute approximate surface area is 90.5 Å². The summed E-state index contributed by atoms with van der Waals surface area (Å²) in [6, 6.07) is 0. The predicted molar refractivity (Wildman–Crippen MR) is 57.1 cm³/mol. The molecule has 1 rings (SSSR count). The van der Waals surface area contributed by atoms with Crippen LogP contribution in [0.4, 0.5) is 0 Å². The van der Waals surface area contributed by atoms with E-state index < -0.39 is 5.92 Å². The van der Waals surface area contributed by atoms with Crippen molar-refractivity contribution in [3.8, 4) is 0 Å². The van der Waals surface area contributed by atoms with Crippen molar-refractivity contribution in [1.82, 2.24) is 0 Å². The van der Waals surface area contributed by atoms with E-state index >= 15 is 0 Å². The second kappa shape index (κ2) is 6.38. The molecule has 0 aromatic rings. The van der Waals surface area contributed by atoms with Crippen molar-refractivity contribution in [2.45, 2.75) is 45.4 Å². The quantitative estimate of drug-likeness (QED) is 0.281. The largest absolute Gasteiger partial charge is 0.392 e. The number of hydrogen-bond donors (Lipinski definition) is 0. The molecule has 0 saturated carbocycles. The number of carbonyl (C=O) groups excluding carboxylic acids is 2. The van der Waals surface area contributed by atoms with Crippen molar-refractivity contribution in [2.75, 3.05) is 0 Å². The van der Waals surface area contributed by atoms with E-state index in [-0.39, 0.29) is 11.9 Å². The maximum absolute atomic E-state index is 10.8. The Morgan fingerprint density at radius 1 is 1.13 bits per heavy atom. The minimum Gasteiger partial charge on any atom is -0.392 e. The van der Waals surface area contributed by atoms with E-state index in [1.54, 1.807) is 0 Å². The second-order valence-corrected chi connectivity index (χ2v) is 3.85. The Kier molecular flexibility index (Phi) is 5.08. The third kappa shape index (κ3) is 3.86. The van der Waals surface area contributed by atoms with Gasteiger partial charge in [0.05, 0.1) is 0 Å². The zero-order valence-electron chi connectivity index (χ0n) is 9.20. The minimum absolute atomic E-state index is 0.379. The fourth-order valence-corrected chi connectivity index (χ4v) is 1.51. The Morgan fingerprint density at radius 3 is 2.47 bits per heavy atom. The number of allylic oxidation sites excluding steroid dienone is 2. The summed E-state index contributed by atoms with van der Waals surface area (Å²) in [4.78, 5) is 21.5. The molecule has 0 aromatic heterocycles. The first kappa shape index (κ1) is 12.0. The number of cyclic esters (lactones) is 2. The molecule has 3 nitrogen and oxygen atoms in total. The van der Waals surface area contributed by atoms with Crippen LogP contribution in [-0.4, -0.2) is 11.9 Å². The highest BCUT2D eigenvalue weighted by Crippen LogP contribution is 2.19. The van der Waals surface area contributed by atoms with E-state index in [1.807, 2.05) is 6.08 Å². The van der Waals surface area contributed by atoms with Gasteiger partial charge in [0.2, 0.25) is 0 Å². The number of rotatable bonds is 7. The van der Waals surface area contributed by atoms with Gasteiger partial charge in [-0.2, -0.15) is 0 Å². The van der Waals surface area contributed by atoms with Crippen molar-refractivity contribution >= 4 is 11.9 Å². The number of carbonyl (C=O) groups is 2. The maximum Gasteiger partial charge on any atom is 0.328 e. The van der Waals surface area contributed by atoms with Crippen molar-refractivity contribution in [2.24, 2.45) is 5.92 Å². The topological polar surface area (TPSA) is 43.4 Å². The van der Waals surface area contributed by atoms with Crippen LogP contribution in [0, 0.1) is 5.92 Å². The van der Waals surface area contributed by atoms with Crippen LogP contribution in [-0.2, 0) is 14.3 Å². The Morgan fingerprint density at radius 2 is 1.87 bits per heavy atom. The first-order valence-corrected chi connectivity index (χ1v) is 5.66. The van der Waals surface area contributed by atoms with E-state index in [0.29, 0.717) is 6.42 Å². The first-order chi connectivity index (χ1) is 7.25. The average molecular weight is 210 g/mol. The lowest BCUT2D eigenvalue weighted by atomic mass is 10.0. The number of hydrogen-bond acceptors (Lipinski definition) is 3.